The minimum atomic E-state index is -0.0985. The van der Waals surface area contributed by atoms with E-state index in [1.54, 1.807) is 0 Å². The Labute approximate surface area is 150 Å². The van der Waals surface area contributed by atoms with Gasteiger partial charge in [0.15, 0.2) is 0 Å². The lowest BCUT2D eigenvalue weighted by Gasteiger charge is -2.53. The van der Waals surface area contributed by atoms with E-state index in [1.165, 1.54) is 36.1 Å². The lowest BCUT2D eigenvalue weighted by Crippen LogP contribution is -2.55. The van der Waals surface area contributed by atoms with Crippen LogP contribution in [-0.4, -0.2) is 23.8 Å². The fourth-order valence-electron chi connectivity index (χ4n) is 5.27. The van der Waals surface area contributed by atoms with Crippen LogP contribution in [0.4, 0.5) is 0 Å². The molecule has 0 aromatic heterocycles. The van der Waals surface area contributed by atoms with E-state index in [0.29, 0.717) is 11.8 Å². The molecule has 0 amide bonds. The van der Waals surface area contributed by atoms with Gasteiger partial charge in [-0.3, -0.25) is 0 Å². The number of hydrogen-bond donors (Lipinski definition) is 0. The molecule has 2 aliphatic heterocycles. The van der Waals surface area contributed by atoms with E-state index in [0.717, 1.165) is 19.6 Å². The first-order valence-corrected chi connectivity index (χ1v) is 9.62. The lowest BCUT2D eigenvalue weighted by molar-refractivity contribution is -0.136. The highest BCUT2D eigenvalue weighted by Crippen LogP contribution is 2.55. The Kier molecular flexibility index (Phi) is 3.67. The zero-order chi connectivity index (χ0) is 16.7. The predicted octanol–water partition coefficient (Wildman–Crippen LogP) is 5.04. The zero-order valence-electron chi connectivity index (χ0n) is 14.6. The van der Waals surface area contributed by atoms with E-state index in [9.17, 15) is 0 Å². The lowest BCUT2D eigenvalue weighted by atomic mass is 9.68. The molecule has 0 radical (unpaired) electrons. The van der Waals surface area contributed by atoms with Gasteiger partial charge in [-0.05, 0) is 30.4 Å². The Bertz CT molecular complexity index is 769. The molecule has 1 spiro atoms. The first-order valence-electron chi connectivity index (χ1n) is 9.62. The quantitative estimate of drug-likeness (QED) is 0.764. The SMILES string of the molecule is C1=C(c2ccccc2)N2CCOC23CCCCC3C1c1ccccc1. The maximum absolute atomic E-state index is 6.54. The summed E-state index contributed by atoms with van der Waals surface area (Å²) in [6.07, 6.45) is 7.53. The summed E-state index contributed by atoms with van der Waals surface area (Å²) in [6.45, 7) is 1.86. The standard InChI is InChI=1S/C23H25NO/c1-3-9-18(10-4-1)20-17-22(19-11-5-2-6-12-19)24-15-16-25-23(24)14-8-7-13-21(20)23/h1-6,9-12,17,20-21H,7-8,13-16H2. The molecule has 2 aromatic carbocycles. The fourth-order valence-corrected chi connectivity index (χ4v) is 5.27. The summed E-state index contributed by atoms with van der Waals surface area (Å²) in [5.41, 5.74) is 4.01. The molecule has 3 aliphatic rings. The summed E-state index contributed by atoms with van der Waals surface area (Å²) in [5.74, 6) is 0.990. The molecule has 2 nitrogen and oxygen atoms in total. The molecule has 3 atom stereocenters. The van der Waals surface area contributed by atoms with E-state index in [-0.39, 0.29) is 5.72 Å². The third-order valence-corrected chi connectivity index (χ3v) is 6.32. The molecule has 128 valence electrons. The van der Waals surface area contributed by atoms with Gasteiger partial charge in [0.2, 0.25) is 0 Å². The average Bonchev–Trinajstić information content (AvgIpc) is 3.11. The molecule has 5 rings (SSSR count). The van der Waals surface area contributed by atoms with Crippen LogP contribution in [0.1, 0.15) is 42.7 Å². The Morgan fingerprint density at radius 3 is 2.48 bits per heavy atom. The minimum absolute atomic E-state index is 0.0985. The fraction of sp³-hybridized carbons (Fsp3) is 0.391. The van der Waals surface area contributed by atoms with Crippen LogP contribution in [-0.2, 0) is 4.74 Å². The van der Waals surface area contributed by atoms with Crippen molar-refractivity contribution < 1.29 is 4.74 Å². The van der Waals surface area contributed by atoms with Crippen molar-refractivity contribution in [3.05, 3.63) is 77.9 Å². The van der Waals surface area contributed by atoms with Crippen molar-refractivity contribution in [1.29, 1.82) is 0 Å². The van der Waals surface area contributed by atoms with E-state index < -0.39 is 0 Å². The number of hydrogen-bond acceptors (Lipinski definition) is 2. The van der Waals surface area contributed by atoms with Crippen molar-refractivity contribution in [2.45, 2.75) is 37.3 Å². The second-order valence-corrected chi connectivity index (χ2v) is 7.55. The third kappa shape index (κ3) is 2.35. The van der Waals surface area contributed by atoms with Crippen LogP contribution in [0.15, 0.2) is 66.7 Å². The molecule has 3 unspecified atom stereocenters. The molecule has 25 heavy (non-hydrogen) atoms. The smallest absolute Gasteiger partial charge is 0.145 e. The summed E-state index contributed by atoms with van der Waals surface area (Å²) >= 11 is 0. The Morgan fingerprint density at radius 1 is 0.920 bits per heavy atom. The summed E-state index contributed by atoms with van der Waals surface area (Å²) in [6, 6.07) is 21.9. The molecule has 2 aromatic rings. The van der Waals surface area contributed by atoms with Crippen LogP contribution in [0.2, 0.25) is 0 Å². The first kappa shape index (κ1) is 15.2. The number of allylic oxidation sites excluding steroid dienone is 1. The van der Waals surface area contributed by atoms with Gasteiger partial charge in [0.1, 0.15) is 5.72 Å². The highest BCUT2D eigenvalue weighted by Gasteiger charge is 2.55. The van der Waals surface area contributed by atoms with E-state index in [4.69, 9.17) is 4.74 Å². The van der Waals surface area contributed by atoms with Gasteiger partial charge in [-0.1, -0.05) is 73.2 Å². The summed E-state index contributed by atoms with van der Waals surface area (Å²) in [5, 5.41) is 0. The second kappa shape index (κ2) is 6.03. The largest absolute Gasteiger partial charge is 0.353 e. The molecule has 2 fully saturated rings. The molecule has 1 saturated carbocycles. The maximum Gasteiger partial charge on any atom is 0.145 e. The molecule has 1 aliphatic carbocycles. The molecular weight excluding hydrogens is 306 g/mol. The van der Waals surface area contributed by atoms with Gasteiger partial charge < -0.3 is 9.64 Å². The second-order valence-electron chi connectivity index (χ2n) is 7.55. The number of nitrogens with zero attached hydrogens (tertiary/aromatic N) is 1. The average molecular weight is 331 g/mol. The van der Waals surface area contributed by atoms with Crippen molar-refractivity contribution in [2.75, 3.05) is 13.2 Å². The topological polar surface area (TPSA) is 12.5 Å². The zero-order valence-corrected chi connectivity index (χ0v) is 14.6. The van der Waals surface area contributed by atoms with Gasteiger partial charge in [-0.25, -0.2) is 0 Å². The monoisotopic (exact) mass is 331 g/mol. The minimum Gasteiger partial charge on any atom is -0.353 e. The van der Waals surface area contributed by atoms with Gasteiger partial charge in [-0.15, -0.1) is 0 Å². The molecular formula is C23H25NO. The van der Waals surface area contributed by atoms with Gasteiger partial charge in [0.05, 0.1) is 6.61 Å². The normalized spacial score (nSPS) is 31.2. The molecule has 0 bridgehead atoms. The van der Waals surface area contributed by atoms with Gasteiger partial charge >= 0.3 is 0 Å². The molecule has 2 heteroatoms. The van der Waals surface area contributed by atoms with Crippen molar-refractivity contribution in [1.82, 2.24) is 4.90 Å². The molecule has 2 heterocycles. The molecule has 1 saturated heterocycles. The Morgan fingerprint density at radius 2 is 1.68 bits per heavy atom. The summed E-state index contributed by atoms with van der Waals surface area (Å²) in [4.78, 5) is 2.59. The number of benzene rings is 2. The number of rotatable bonds is 2. The Balaban J connectivity index is 1.68. The van der Waals surface area contributed by atoms with Gasteiger partial charge in [0, 0.05) is 24.1 Å². The third-order valence-electron chi connectivity index (χ3n) is 6.32. The van der Waals surface area contributed by atoms with Crippen LogP contribution < -0.4 is 0 Å². The maximum atomic E-state index is 6.54. The highest BCUT2D eigenvalue weighted by molar-refractivity contribution is 5.67. The van der Waals surface area contributed by atoms with Crippen molar-refractivity contribution >= 4 is 5.70 Å². The van der Waals surface area contributed by atoms with Gasteiger partial charge in [0.25, 0.3) is 0 Å². The Hall–Kier alpha value is -2.06. The van der Waals surface area contributed by atoms with Crippen LogP contribution >= 0.6 is 0 Å². The molecule has 0 N–H and O–H groups in total. The van der Waals surface area contributed by atoms with Gasteiger partial charge in [-0.2, -0.15) is 0 Å². The van der Waals surface area contributed by atoms with Crippen LogP contribution in [0.25, 0.3) is 5.70 Å². The van der Waals surface area contributed by atoms with Crippen LogP contribution in [0.3, 0.4) is 0 Å². The summed E-state index contributed by atoms with van der Waals surface area (Å²) in [7, 11) is 0. The predicted molar refractivity (Wildman–Crippen MR) is 101 cm³/mol. The van der Waals surface area contributed by atoms with E-state index >= 15 is 0 Å². The summed E-state index contributed by atoms with van der Waals surface area (Å²) < 4.78 is 6.54. The van der Waals surface area contributed by atoms with E-state index in [1.807, 2.05) is 0 Å². The van der Waals surface area contributed by atoms with Crippen LogP contribution in [0, 0.1) is 5.92 Å². The first-order chi connectivity index (χ1) is 12.4. The number of ether oxygens (including phenoxy) is 1. The van der Waals surface area contributed by atoms with Crippen molar-refractivity contribution in [3.63, 3.8) is 0 Å². The highest BCUT2D eigenvalue weighted by atomic mass is 16.5. The van der Waals surface area contributed by atoms with Crippen LogP contribution in [0.5, 0.6) is 0 Å². The van der Waals surface area contributed by atoms with Crippen molar-refractivity contribution in [2.24, 2.45) is 5.92 Å². The van der Waals surface area contributed by atoms with E-state index in [2.05, 4.69) is 71.6 Å². The van der Waals surface area contributed by atoms with Crippen molar-refractivity contribution in [3.8, 4) is 0 Å².